The number of methoxy groups -OCH3 is 1. The minimum absolute atomic E-state index is 0.105. The van der Waals surface area contributed by atoms with E-state index in [0.717, 1.165) is 52.4 Å². The molecule has 0 bridgehead atoms. The standard InChI is InChI=1S/C21H24N4O3S/c1-13-17-19(22-11-16-4-3-9-28-16)24-12-25-21(17)29-18(13)20(26)23-10-14-5-7-15(27-2)8-6-14/h5-8,12,16H,3-4,9-11H2,1-2H3,(H,23,26)(H,22,24,25)/t16-/m1/s1. The van der Waals surface area contributed by atoms with E-state index >= 15 is 0 Å². The van der Waals surface area contributed by atoms with Crippen LogP contribution in [0.2, 0.25) is 0 Å². The molecule has 3 aromatic rings. The van der Waals surface area contributed by atoms with Gasteiger partial charge in [0.1, 0.15) is 22.7 Å². The van der Waals surface area contributed by atoms with Crippen LogP contribution in [0.25, 0.3) is 10.2 Å². The number of benzene rings is 1. The van der Waals surface area contributed by atoms with E-state index in [2.05, 4.69) is 20.6 Å². The van der Waals surface area contributed by atoms with Crippen LogP contribution >= 0.6 is 11.3 Å². The van der Waals surface area contributed by atoms with E-state index < -0.39 is 0 Å². The number of anilines is 1. The fraction of sp³-hybridized carbons (Fsp3) is 0.381. The van der Waals surface area contributed by atoms with Crippen molar-refractivity contribution in [2.24, 2.45) is 0 Å². The minimum Gasteiger partial charge on any atom is -0.497 e. The Labute approximate surface area is 173 Å². The molecule has 1 amide bonds. The van der Waals surface area contributed by atoms with Crippen LogP contribution in [0, 0.1) is 6.92 Å². The van der Waals surface area contributed by atoms with Crippen LogP contribution in [-0.4, -0.2) is 42.2 Å². The molecule has 1 saturated heterocycles. The molecule has 0 spiro atoms. The number of carbonyl (C=O) groups excluding carboxylic acids is 1. The number of ether oxygens (including phenoxy) is 2. The summed E-state index contributed by atoms with van der Waals surface area (Å²) >= 11 is 1.39. The lowest BCUT2D eigenvalue weighted by molar-refractivity contribution is 0.0954. The van der Waals surface area contributed by atoms with Gasteiger partial charge in [-0.1, -0.05) is 12.1 Å². The van der Waals surface area contributed by atoms with Crippen LogP contribution in [0.4, 0.5) is 5.82 Å². The molecule has 0 unspecified atom stereocenters. The van der Waals surface area contributed by atoms with Crippen molar-refractivity contribution in [1.29, 1.82) is 0 Å². The lowest BCUT2D eigenvalue weighted by atomic mass is 10.1. The molecule has 0 saturated carbocycles. The smallest absolute Gasteiger partial charge is 0.261 e. The molecule has 152 valence electrons. The third-order valence-electron chi connectivity index (χ3n) is 5.07. The molecular formula is C21H24N4O3S. The maximum Gasteiger partial charge on any atom is 0.261 e. The van der Waals surface area contributed by atoms with Crippen LogP contribution in [0.15, 0.2) is 30.6 Å². The highest BCUT2D eigenvalue weighted by Crippen LogP contribution is 2.33. The van der Waals surface area contributed by atoms with Crippen molar-refractivity contribution in [2.75, 3.05) is 25.6 Å². The Morgan fingerprint density at radius 3 is 2.86 bits per heavy atom. The predicted octanol–water partition coefficient (Wildman–Crippen LogP) is 3.53. The average molecular weight is 413 g/mol. The van der Waals surface area contributed by atoms with Crippen molar-refractivity contribution in [3.05, 3.63) is 46.6 Å². The van der Waals surface area contributed by atoms with Gasteiger partial charge in [0.2, 0.25) is 0 Å². The number of carbonyl (C=O) groups is 1. The van der Waals surface area contributed by atoms with Gasteiger partial charge in [-0.25, -0.2) is 9.97 Å². The van der Waals surface area contributed by atoms with Gasteiger partial charge in [0.05, 0.1) is 23.5 Å². The van der Waals surface area contributed by atoms with Gasteiger partial charge in [-0.05, 0) is 43.0 Å². The fourth-order valence-electron chi connectivity index (χ4n) is 3.44. The Morgan fingerprint density at radius 1 is 1.31 bits per heavy atom. The molecule has 8 heteroatoms. The molecule has 29 heavy (non-hydrogen) atoms. The zero-order valence-corrected chi connectivity index (χ0v) is 17.3. The topological polar surface area (TPSA) is 85.4 Å². The summed E-state index contributed by atoms with van der Waals surface area (Å²) in [6, 6.07) is 7.65. The molecule has 7 nitrogen and oxygen atoms in total. The summed E-state index contributed by atoms with van der Waals surface area (Å²) in [5, 5.41) is 7.28. The number of amides is 1. The number of aryl methyl sites for hydroxylation is 1. The SMILES string of the molecule is COc1ccc(CNC(=O)c2sc3ncnc(NC[C@H]4CCCO4)c3c2C)cc1. The van der Waals surface area contributed by atoms with E-state index in [1.165, 1.54) is 17.7 Å². The highest BCUT2D eigenvalue weighted by atomic mass is 32.1. The van der Waals surface area contributed by atoms with Gasteiger partial charge in [0, 0.05) is 19.7 Å². The molecule has 4 rings (SSSR count). The summed E-state index contributed by atoms with van der Waals surface area (Å²) in [5.74, 6) is 1.45. The van der Waals surface area contributed by atoms with Crippen molar-refractivity contribution >= 4 is 33.3 Å². The van der Waals surface area contributed by atoms with Gasteiger partial charge in [0.15, 0.2) is 0 Å². The largest absolute Gasteiger partial charge is 0.497 e. The fourth-order valence-corrected chi connectivity index (χ4v) is 4.51. The Bertz CT molecular complexity index is 997. The van der Waals surface area contributed by atoms with Crippen molar-refractivity contribution in [3.8, 4) is 5.75 Å². The number of hydrogen-bond donors (Lipinski definition) is 2. The second-order valence-corrected chi connectivity index (χ2v) is 8.00. The number of hydrogen-bond acceptors (Lipinski definition) is 7. The monoisotopic (exact) mass is 412 g/mol. The number of nitrogens with zero attached hydrogens (tertiary/aromatic N) is 2. The summed E-state index contributed by atoms with van der Waals surface area (Å²) in [4.78, 5) is 23.0. The lowest BCUT2D eigenvalue weighted by Crippen LogP contribution is -2.22. The first-order valence-electron chi connectivity index (χ1n) is 9.66. The van der Waals surface area contributed by atoms with E-state index in [1.807, 2.05) is 31.2 Å². The number of thiophene rings is 1. The van der Waals surface area contributed by atoms with E-state index in [4.69, 9.17) is 9.47 Å². The first-order chi connectivity index (χ1) is 14.2. The van der Waals surface area contributed by atoms with E-state index in [1.54, 1.807) is 7.11 Å². The first-order valence-corrected chi connectivity index (χ1v) is 10.5. The van der Waals surface area contributed by atoms with Crippen molar-refractivity contribution < 1.29 is 14.3 Å². The van der Waals surface area contributed by atoms with E-state index in [9.17, 15) is 4.79 Å². The molecule has 1 fully saturated rings. The molecule has 0 aliphatic carbocycles. The molecule has 2 aromatic heterocycles. The molecular weight excluding hydrogens is 388 g/mol. The van der Waals surface area contributed by atoms with Crippen molar-refractivity contribution in [2.45, 2.75) is 32.4 Å². The first kappa shape index (κ1) is 19.6. The molecule has 1 aliphatic heterocycles. The normalized spacial score (nSPS) is 16.1. The third kappa shape index (κ3) is 4.33. The summed E-state index contributed by atoms with van der Waals surface area (Å²) in [7, 11) is 1.63. The molecule has 3 heterocycles. The van der Waals surface area contributed by atoms with Gasteiger partial charge >= 0.3 is 0 Å². The second-order valence-electron chi connectivity index (χ2n) is 7.01. The Morgan fingerprint density at radius 2 is 2.14 bits per heavy atom. The van der Waals surface area contributed by atoms with Crippen molar-refractivity contribution in [3.63, 3.8) is 0 Å². The number of aromatic nitrogens is 2. The highest BCUT2D eigenvalue weighted by Gasteiger charge is 2.21. The zero-order valence-electron chi connectivity index (χ0n) is 16.5. The van der Waals surface area contributed by atoms with E-state index in [0.29, 0.717) is 18.0 Å². The van der Waals surface area contributed by atoms with Gasteiger partial charge in [-0.2, -0.15) is 0 Å². The lowest BCUT2D eigenvalue weighted by Gasteiger charge is -2.12. The van der Waals surface area contributed by atoms with Gasteiger partial charge in [-0.15, -0.1) is 11.3 Å². The number of fused-ring (bicyclic) bond motifs is 1. The van der Waals surface area contributed by atoms with Crippen LogP contribution in [0.1, 0.15) is 33.6 Å². The van der Waals surface area contributed by atoms with Crippen LogP contribution in [0.5, 0.6) is 5.75 Å². The predicted molar refractivity (Wildman–Crippen MR) is 114 cm³/mol. The average Bonchev–Trinajstić information content (AvgIpc) is 3.39. The van der Waals surface area contributed by atoms with Crippen LogP contribution < -0.4 is 15.4 Å². The van der Waals surface area contributed by atoms with E-state index in [-0.39, 0.29) is 12.0 Å². The van der Waals surface area contributed by atoms with Crippen LogP contribution in [-0.2, 0) is 11.3 Å². The molecule has 1 aromatic carbocycles. The van der Waals surface area contributed by atoms with Gasteiger partial charge in [-0.3, -0.25) is 4.79 Å². The molecule has 1 aliphatic rings. The number of nitrogens with one attached hydrogen (secondary N) is 2. The molecule has 1 atom stereocenters. The summed E-state index contributed by atoms with van der Waals surface area (Å²) < 4.78 is 10.8. The summed E-state index contributed by atoms with van der Waals surface area (Å²) in [6.45, 7) is 3.93. The summed E-state index contributed by atoms with van der Waals surface area (Å²) in [5.41, 5.74) is 1.91. The Hall–Kier alpha value is -2.71. The second kappa shape index (κ2) is 8.75. The maximum absolute atomic E-state index is 12.8. The van der Waals surface area contributed by atoms with Gasteiger partial charge in [0.25, 0.3) is 5.91 Å². The third-order valence-corrected chi connectivity index (χ3v) is 6.26. The number of rotatable bonds is 7. The zero-order chi connectivity index (χ0) is 20.2. The van der Waals surface area contributed by atoms with Gasteiger partial charge < -0.3 is 20.1 Å². The summed E-state index contributed by atoms with van der Waals surface area (Å²) in [6.07, 6.45) is 3.91. The Kier molecular flexibility index (Phi) is 5.92. The maximum atomic E-state index is 12.8. The van der Waals surface area contributed by atoms with Crippen LogP contribution in [0.3, 0.4) is 0 Å². The quantitative estimate of drug-likeness (QED) is 0.618. The Balaban J connectivity index is 1.48. The molecule has 0 radical (unpaired) electrons. The highest BCUT2D eigenvalue weighted by molar-refractivity contribution is 7.20. The molecule has 2 N–H and O–H groups in total. The minimum atomic E-state index is -0.105. The van der Waals surface area contributed by atoms with Crippen molar-refractivity contribution in [1.82, 2.24) is 15.3 Å².